The zero-order valence-electron chi connectivity index (χ0n) is 17.4. The molecule has 156 valence electrons. The van der Waals surface area contributed by atoms with Gasteiger partial charge in [0.05, 0.1) is 37.3 Å². The Labute approximate surface area is 173 Å². The fraction of sp³-hybridized carbons (Fsp3) is 0.409. The molecular weight excluding hydrogens is 386 g/mol. The van der Waals surface area contributed by atoms with E-state index < -0.39 is 10.0 Å². The van der Waals surface area contributed by atoms with E-state index in [1.54, 1.807) is 37.3 Å². The van der Waals surface area contributed by atoms with Gasteiger partial charge in [0.15, 0.2) is 0 Å². The van der Waals surface area contributed by atoms with Crippen molar-refractivity contribution in [3.05, 3.63) is 59.7 Å². The molecule has 2 aromatic carbocycles. The third-order valence-electron chi connectivity index (χ3n) is 5.46. The minimum Gasteiger partial charge on any atom is -0.336 e. The van der Waals surface area contributed by atoms with Gasteiger partial charge in [-0.15, -0.1) is 0 Å². The van der Waals surface area contributed by atoms with E-state index in [0.717, 1.165) is 19.5 Å². The van der Waals surface area contributed by atoms with E-state index >= 15 is 0 Å². The predicted molar refractivity (Wildman–Crippen MR) is 115 cm³/mol. The number of likely N-dealkylation sites (N-methyl/N-ethyl adjacent to an activating group) is 1. The number of carbonyl (C=O) groups excluding carboxylic acids is 1. The van der Waals surface area contributed by atoms with Gasteiger partial charge in [0, 0.05) is 25.1 Å². The lowest BCUT2D eigenvalue weighted by Crippen LogP contribution is -3.09. The van der Waals surface area contributed by atoms with Crippen molar-refractivity contribution in [3.63, 3.8) is 0 Å². The number of para-hydroxylation sites is 1. The van der Waals surface area contributed by atoms with E-state index in [2.05, 4.69) is 7.05 Å². The third kappa shape index (κ3) is 4.62. The summed E-state index contributed by atoms with van der Waals surface area (Å²) in [5, 5.41) is 0. The molecule has 1 atom stereocenters. The number of nitrogens with one attached hydrogen (secondary N) is 1. The molecule has 2 aromatic rings. The first kappa shape index (κ1) is 21.3. The summed E-state index contributed by atoms with van der Waals surface area (Å²) in [5.41, 5.74) is 1.68. The van der Waals surface area contributed by atoms with Gasteiger partial charge in [-0.2, -0.15) is 0 Å². The van der Waals surface area contributed by atoms with Gasteiger partial charge in [-0.3, -0.25) is 9.10 Å². The van der Waals surface area contributed by atoms with Crippen molar-refractivity contribution < 1.29 is 18.1 Å². The van der Waals surface area contributed by atoms with E-state index in [1.165, 1.54) is 9.21 Å². The number of carbonyl (C=O) groups is 1. The lowest BCUT2D eigenvalue weighted by molar-refractivity contribution is -0.877. The summed E-state index contributed by atoms with van der Waals surface area (Å²) < 4.78 is 28.2. The molecule has 1 aliphatic rings. The predicted octanol–water partition coefficient (Wildman–Crippen LogP) is 1.57. The van der Waals surface area contributed by atoms with Crippen molar-refractivity contribution in [1.82, 2.24) is 4.90 Å². The maximum absolute atomic E-state index is 13.4. The number of amides is 1. The molecule has 3 rings (SSSR count). The average Bonchev–Trinajstić information content (AvgIpc) is 2.93. The van der Waals surface area contributed by atoms with Crippen LogP contribution in [0.25, 0.3) is 0 Å². The largest absolute Gasteiger partial charge is 0.336 e. The number of sulfonamides is 1. The third-order valence-corrected chi connectivity index (χ3v) is 7.51. The zero-order valence-corrected chi connectivity index (χ0v) is 18.2. The van der Waals surface area contributed by atoms with Crippen molar-refractivity contribution in [3.8, 4) is 0 Å². The topological polar surface area (TPSA) is 62.1 Å². The first-order valence-electron chi connectivity index (χ1n) is 10.1. The van der Waals surface area contributed by atoms with Crippen molar-refractivity contribution in [1.29, 1.82) is 0 Å². The molecule has 0 radical (unpaired) electrons. The van der Waals surface area contributed by atoms with Gasteiger partial charge in [-0.05, 0) is 43.7 Å². The number of hydrogen-bond acceptors (Lipinski definition) is 3. The van der Waals surface area contributed by atoms with Crippen LogP contribution in [0.2, 0.25) is 0 Å². The van der Waals surface area contributed by atoms with Gasteiger partial charge in [-0.25, -0.2) is 8.42 Å². The molecule has 6 nitrogen and oxygen atoms in total. The molecule has 0 aliphatic carbocycles. The minimum atomic E-state index is -3.78. The number of rotatable bonds is 5. The minimum absolute atomic E-state index is 0.0982. The Morgan fingerprint density at radius 2 is 1.83 bits per heavy atom. The molecule has 1 aliphatic heterocycles. The Bertz CT molecular complexity index is 961. The normalized spacial score (nSPS) is 17.6. The van der Waals surface area contributed by atoms with Crippen LogP contribution in [-0.4, -0.2) is 59.0 Å². The Kier molecular flexibility index (Phi) is 6.59. The van der Waals surface area contributed by atoms with Gasteiger partial charge in [-0.1, -0.05) is 24.3 Å². The highest BCUT2D eigenvalue weighted by Gasteiger charge is 2.27. The standard InChI is InChI=1S/C22H29N3O3S/c1-4-25(20-9-6-5-7-10-20)29(27,28)21-17-19(12-11-18(21)2)22(26)24-14-8-13-23(3)15-16-24/h5-7,9-12,17H,4,8,13-16H2,1-3H3/p+1. The number of benzene rings is 2. The molecule has 29 heavy (non-hydrogen) atoms. The highest BCUT2D eigenvalue weighted by atomic mass is 32.2. The molecule has 1 amide bonds. The van der Waals surface area contributed by atoms with Crippen LogP contribution in [0, 0.1) is 6.92 Å². The lowest BCUT2D eigenvalue weighted by atomic mass is 10.1. The van der Waals surface area contributed by atoms with Crippen molar-refractivity contribution >= 4 is 21.6 Å². The number of quaternary nitrogens is 1. The van der Waals surface area contributed by atoms with Gasteiger partial charge in [0.2, 0.25) is 0 Å². The van der Waals surface area contributed by atoms with Crippen LogP contribution in [0.15, 0.2) is 53.4 Å². The van der Waals surface area contributed by atoms with Gasteiger partial charge >= 0.3 is 0 Å². The average molecular weight is 417 g/mol. The van der Waals surface area contributed by atoms with Crippen molar-refractivity contribution in [2.24, 2.45) is 0 Å². The van der Waals surface area contributed by atoms with Crippen molar-refractivity contribution in [2.45, 2.75) is 25.2 Å². The Morgan fingerprint density at radius 3 is 2.52 bits per heavy atom. The van der Waals surface area contributed by atoms with Gasteiger partial charge in [0.25, 0.3) is 15.9 Å². The van der Waals surface area contributed by atoms with Crippen LogP contribution < -0.4 is 9.21 Å². The Morgan fingerprint density at radius 1 is 1.10 bits per heavy atom. The van der Waals surface area contributed by atoms with Gasteiger partial charge < -0.3 is 9.80 Å². The molecule has 1 saturated heterocycles. The number of nitrogens with zero attached hydrogens (tertiary/aromatic N) is 2. The van der Waals surface area contributed by atoms with Crippen LogP contribution >= 0.6 is 0 Å². The molecule has 1 unspecified atom stereocenters. The molecular formula is C22H30N3O3S+. The SMILES string of the molecule is CCN(c1ccccc1)S(=O)(=O)c1cc(C(=O)N2CCC[NH+](C)CC2)ccc1C. The van der Waals surface area contributed by atoms with E-state index in [9.17, 15) is 13.2 Å². The van der Waals surface area contributed by atoms with E-state index in [-0.39, 0.29) is 10.8 Å². The Balaban J connectivity index is 1.95. The van der Waals surface area contributed by atoms with Crippen LogP contribution in [0.5, 0.6) is 0 Å². The van der Waals surface area contributed by atoms with Crippen LogP contribution in [0.1, 0.15) is 29.3 Å². The second-order valence-corrected chi connectivity index (χ2v) is 9.42. The fourth-order valence-corrected chi connectivity index (χ4v) is 5.46. The quantitative estimate of drug-likeness (QED) is 0.805. The fourth-order valence-electron chi connectivity index (χ4n) is 3.74. The van der Waals surface area contributed by atoms with Crippen molar-refractivity contribution in [2.75, 3.05) is 44.1 Å². The van der Waals surface area contributed by atoms with Crippen LogP contribution in [-0.2, 0) is 10.0 Å². The molecule has 0 saturated carbocycles. The molecule has 7 heteroatoms. The number of hydrogen-bond donors (Lipinski definition) is 1. The molecule has 0 spiro atoms. The highest BCUT2D eigenvalue weighted by molar-refractivity contribution is 7.92. The summed E-state index contributed by atoms with van der Waals surface area (Å²) in [5.74, 6) is -0.0982. The van der Waals surface area contributed by atoms with E-state index in [0.29, 0.717) is 36.4 Å². The number of anilines is 1. The molecule has 0 aromatic heterocycles. The van der Waals surface area contributed by atoms with Gasteiger partial charge in [0.1, 0.15) is 0 Å². The maximum Gasteiger partial charge on any atom is 0.264 e. The summed E-state index contributed by atoms with van der Waals surface area (Å²) in [6.07, 6.45) is 0.951. The summed E-state index contributed by atoms with van der Waals surface area (Å²) in [6.45, 7) is 7.23. The molecule has 0 bridgehead atoms. The van der Waals surface area contributed by atoms with E-state index in [1.807, 2.05) is 30.0 Å². The summed E-state index contributed by atoms with van der Waals surface area (Å²) >= 11 is 0. The van der Waals surface area contributed by atoms with Crippen LogP contribution in [0.4, 0.5) is 5.69 Å². The summed E-state index contributed by atoms with van der Waals surface area (Å²) in [7, 11) is -1.65. The smallest absolute Gasteiger partial charge is 0.264 e. The summed E-state index contributed by atoms with van der Waals surface area (Å²) in [6, 6.07) is 14.1. The molecule has 1 fully saturated rings. The first-order chi connectivity index (χ1) is 13.8. The molecule has 1 heterocycles. The van der Waals surface area contributed by atoms with Crippen LogP contribution in [0.3, 0.4) is 0 Å². The highest BCUT2D eigenvalue weighted by Crippen LogP contribution is 2.26. The monoisotopic (exact) mass is 416 g/mol. The maximum atomic E-state index is 13.4. The molecule has 1 N–H and O–H groups in total. The second kappa shape index (κ2) is 8.97. The Hall–Kier alpha value is -2.38. The number of aryl methyl sites for hydroxylation is 1. The summed E-state index contributed by atoms with van der Waals surface area (Å²) in [4.78, 5) is 16.5. The second-order valence-electron chi connectivity index (χ2n) is 7.59. The first-order valence-corrected chi connectivity index (χ1v) is 11.6. The van der Waals surface area contributed by atoms with E-state index in [4.69, 9.17) is 0 Å². The lowest BCUT2D eigenvalue weighted by Gasteiger charge is -2.25. The zero-order chi connectivity index (χ0) is 21.0.